The Morgan fingerprint density at radius 3 is 0.366 bits per heavy atom. The molecule has 0 aliphatic rings. The van der Waals surface area contributed by atoms with Crippen LogP contribution in [0.4, 0.5) is 0 Å². The van der Waals surface area contributed by atoms with E-state index in [1.807, 2.05) is 0 Å². The average molecular weight is 1380 g/mol. The zero-order valence-electron chi connectivity index (χ0n) is 53.5. The van der Waals surface area contributed by atoms with Crippen molar-refractivity contribution in [1.82, 2.24) is 0 Å². The van der Waals surface area contributed by atoms with Crippen molar-refractivity contribution in [3.8, 4) is 0 Å². The standard InChI is InChI=1S/8C8H16O2.2Sn/c8*1-2-3-4-5-6-7-8(9)10;;/h8*2-7H2,1H3,(H,9,10);;/q;;;;;;;;2*+4/p-8. The Kier molecular flexibility index (Phi) is 58.3. The third kappa shape index (κ3) is 51.7. The Balaban J connectivity index is 0. The van der Waals surface area contributed by atoms with Gasteiger partial charge in [-0.2, -0.15) is 0 Å². The molecular formula is C64H120O16Sn2. The normalized spacial score (nSPS) is 11.2. The van der Waals surface area contributed by atoms with Gasteiger partial charge in [0, 0.05) is 0 Å². The quantitative estimate of drug-likeness (QED) is 0.0409. The second kappa shape index (κ2) is 58.7. The Bertz CT molecular complexity index is 1280. The molecule has 0 spiro atoms. The van der Waals surface area contributed by atoms with Crippen LogP contribution in [-0.2, 0) is 62.9 Å². The summed E-state index contributed by atoms with van der Waals surface area (Å²) < 4.78 is 45.1. The molecule has 0 fully saturated rings. The predicted octanol–water partition coefficient (Wildman–Crippen LogP) is 18.1. The molecule has 0 aromatic carbocycles. The van der Waals surface area contributed by atoms with Crippen LogP contribution in [-0.4, -0.2) is 87.8 Å². The summed E-state index contributed by atoms with van der Waals surface area (Å²) in [7, 11) is 0. The van der Waals surface area contributed by atoms with E-state index in [1.54, 1.807) is 0 Å². The molecule has 0 aromatic heterocycles. The van der Waals surface area contributed by atoms with Gasteiger partial charge in [-0.05, 0) is 0 Å². The third-order valence-electron chi connectivity index (χ3n) is 13.8. The van der Waals surface area contributed by atoms with E-state index in [-0.39, 0.29) is 51.4 Å². The van der Waals surface area contributed by atoms with Gasteiger partial charge in [-0.3, -0.25) is 0 Å². The minimum absolute atomic E-state index is 0.0834. The average Bonchev–Trinajstić information content (AvgIpc) is 3.43. The molecule has 18 heteroatoms. The number of rotatable bonds is 56. The van der Waals surface area contributed by atoms with Gasteiger partial charge in [0.2, 0.25) is 0 Å². The van der Waals surface area contributed by atoms with Crippen LogP contribution in [0.2, 0.25) is 0 Å². The van der Waals surface area contributed by atoms with Gasteiger partial charge in [0.25, 0.3) is 0 Å². The van der Waals surface area contributed by atoms with Crippen LogP contribution in [0.1, 0.15) is 364 Å². The molecule has 0 bridgehead atoms. The predicted molar refractivity (Wildman–Crippen MR) is 327 cm³/mol. The Hall–Kier alpha value is -2.64. The fourth-order valence-corrected chi connectivity index (χ4v) is 18.9. The van der Waals surface area contributed by atoms with Gasteiger partial charge < -0.3 is 0 Å². The molecule has 0 saturated heterocycles. The van der Waals surface area contributed by atoms with Gasteiger partial charge in [0.05, 0.1) is 0 Å². The molecular weight excluding hydrogens is 1260 g/mol. The Morgan fingerprint density at radius 2 is 0.268 bits per heavy atom. The van der Waals surface area contributed by atoms with Crippen molar-refractivity contribution in [2.75, 3.05) is 0 Å². The number of carbonyl (C=O) groups is 8. The van der Waals surface area contributed by atoms with Crippen LogP contribution in [0.3, 0.4) is 0 Å². The van der Waals surface area contributed by atoms with Crippen LogP contribution in [0, 0.1) is 0 Å². The summed E-state index contributed by atoms with van der Waals surface area (Å²) in [6.07, 6.45) is 37.7. The van der Waals surface area contributed by atoms with Gasteiger partial charge in [-0.1, -0.05) is 0 Å². The molecule has 0 amide bonds. The fraction of sp³-hybridized carbons (Fsp3) is 0.875. The van der Waals surface area contributed by atoms with Crippen LogP contribution >= 0.6 is 0 Å². The van der Waals surface area contributed by atoms with Gasteiger partial charge in [-0.25, -0.2) is 0 Å². The van der Waals surface area contributed by atoms with E-state index >= 15 is 0 Å². The van der Waals surface area contributed by atoms with Crippen LogP contribution in [0.25, 0.3) is 0 Å². The Labute approximate surface area is 511 Å². The third-order valence-corrected chi connectivity index (χ3v) is 24.7. The topological polar surface area (TPSA) is 210 Å². The second-order valence-corrected chi connectivity index (χ2v) is 32.5. The van der Waals surface area contributed by atoms with Crippen molar-refractivity contribution in [3.63, 3.8) is 0 Å². The molecule has 0 unspecified atom stereocenters. The molecule has 0 aliphatic heterocycles. The number of hydrogen-bond acceptors (Lipinski definition) is 16. The van der Waals surface area contributed by atoms with Crippen molar-refractivity contribution < 1.29 is 62.9 Å². The van der Waals surface area contributed by atoms with Crippen molar-refractivity contribution >= 4 is 87.8 Å². The number of carbonyl (C=O) groups excluding carboxylic acids is 8. The van der Waals surface area contributed by atoms with E-state index in [9.17, 15) is 38.4 Å². The van der Waals surface area contributed by atoms with Gasteiger partial charge >= 0.3 is 514 Å². The monoisotopic (exact) mass is 1380 g/mol. The number of unbranched alkanes of at least 4 members (excludes halogenated alkanes) is 32. The SMILES string of the molecule is CCCCCCCC(=O)[O][Sn]([O]C(=O)CCCCCCC)([O]C(=O)CCCCCCC)[O]C(=O)CCCCCCC.CCCCCCCC(=O)[O][Sn]([O]C(=O)CCCCCCC)([O]C(=O)CCCCCCC)[O]C(=O)CCCCCCC. The number of hydrogen-bond donors (Lipinski definition) is 0. The first kappa shape index (κ1) is 81.4. The molecule has 0 atom stereocenters. The second-order valence-electron chi connectivity index (χ2n) is 22.1. The first-order valence-corrected chi connectivity index (χ1v) is 42.7. The van der Waals surface area contributed by atoms with Gasteiger partial charge in [-0.15, -0.1) is 0 Å². The van der Waals surface area contributed by atoms with Crippen molar-refractivity contribution in [3.05, 3.63) is 0 Å². The molecule has 0 heterocycles. The summed E-state index contributed by atoms with van der Waals surface area (Å²) >= 11 is -11.5. The van der Waals surface area contributed by atoms with Crippen molar-refractivity contribution in [2.45, 2.75) is 364 Å². The van der Waals surface area contributed by atoms with Gasteiger partial charge in [0.1, 0.15) is 0 Å². The maximum absolute atomic E-state index is 12.9. The van der Waals surface area contributed by atoms with E-state index in [1.165, 1.54) is 0 Å². The molecule has 82 heavy (non-hydrogen) atoms. The minimum atomic E-state index is -5.73. The first-order chi connectivity index (χ1) is 39.6. The molecule has 16 nitrogen and oxygen atoms in total. The molecule has 0 saturated carbocycles. The van der Waals surface area contributed by atoms with Crippen LogP contribution in [0.15, 0.2) is 0 Å². The van der Waals surface area contributed by atoms with E-state index in [0.717, 1.165) is 205 Å². The van der Waals surface area contributed by atoms with Crippen LogP contribution in [0.5, 0.6) is 0 Å². The van der Waals surface area contributed by atoms with Crippen LogP contribution < -0.4 is 0 Å². The molecule has 0 radical (unpaired) electrons. The molecule has 0 N–H and O–H groups in total. The van der Waals surface area contributed by atoms with E-state index in [0.29, 0.717) is 51.4 Å². The summed E-state index contributed by atoms with van der Waals surface area (Å²) in [6, 6.07) is 0. The first-order valence-electron chi connectivity index (χ1n) is 33.4. The summed E-state index contributed by atoms with van der Waals surface area (Å²) in [5.41, 5.74) is 0. The Morgan fingerprint density at radius 1 is 0.171 bits per heavy atom. The molecule has 0 aromatic rings. The zero-order valence-corrected chi connectivity index (χ0v) is 59.2. The summed E-state index contributed by atoms with van der Waals surface area (Å²) in [5, 5.41) is 0. The maximum atomic E-state index is 12.9. The zero-order chi connectivity index (χ0) is 61.2. The van der Waals surface area contributed by atoms with E-state index < -0.39 is 87.8 Å². The van der Waals surface area contributed by atoms with Crippen molar-refractivity contribution in [2.24, 2.45) is 0 Å². The van der Waals surface area contributed by atoms with Crippen molar-refractivity contribution in [1.29, 1.82) is 0 Å². The fourth-order valence-electron chi connectivity index (χ4n) is 8.76. The molecule has 0 rings (SSSR count). The van der Waals surface area contributed by atoms with E-state index in [4.69, 9.17) is 24.6 Å². The summed E-state index contributed by atoms with van der Waals surface area (Å²) in [6.45, 7) is 16.9. The molecule has 0 aliphatic carbocycles. The summed E-state index contributed by atoms with van der Waals surface area (Å²) in [4.78, 5) is 103. The summed E-state index contributed by atoms with van der Waals surface area (Å²) in [5.74, 6) is -5.23. The van der Waals surface area contributed by atoms with E-state index in [2.05, 4.69) is 55.4 Å². The van der Waals surface area contributed by atoms with Gasteiger partial charge in [0.15, 0.2) is 0 Å². The molecule has 480 valence electrons.